The number of para-hydroxylation sites is 2. The van der Waals surface area contributed by atoms with Crippen molar-refractivity contribution in [1.29, 1.82) is 0 Å². The third-order valence-corrected chi connectivity index (χ3v) is 3.79. The fourth-order valence-corrected chi connectivity index (χ4v) is 2.19. The lowest BCUT2D eigenvalue weighted by Crippen LogP contribution is -2.28. The third-order valence-electron chi connectivity index (χ3n) is 3.79. The Balaban J connectivity index is 2.24. The lowest BCUT2D eigenvalue weighted by molar-refractivity contribution is -0.274. The summed E-state index contributed by atoms with van der Waals surface area (Å²) in [6.07, 6.45) is -4.88. The molecular weight excluding hydrogens is 373 g/mol. The zero-order valence-electron chi connectivity index (χ0n) is 15.9. The number of amides is 2. The molecule has 2 aromatic carbocycles. The Morgan fingerprint density at radius 3 is 2.18 bits per heavy atom. The van der Waals surface area contributed by atoms with Crippen LogP contribution in [0.3, 0.4) is 0 Å². The van der Waals surface area contributed by atoms with Crippen molar-refractivity contribution in [1.82, 2.24) is 0 Å². The molecule has 0 saturated carbocycles. The normalized spacial score (nSPS) is 11.7. The van der Waals surface area contributed by atoms with Crippen LogP contribution in [0.5, 0.6) is 5.75 Å². The Kier molecular flexibility index (Phi) is 6.01. The molecule has 0 heterocycles. The van der Waals surface area contributed by atoms with E-state index in [2.05, 4.69) is 15.4 Å². The molecule has 0 spiro atoms. The van der Waals surface area contributed by atoms with Gasteiger partial charge in [0.25, 0.3) is 5.91 Å². The van der Waals surface area contributed by atoms with Crippen molar-refractivity contribution in [3.63, 3.8) is 0 Å². The molecule has 8 heteroatoms. The summed E-state index contributed by atoms with van der Waals surface area (Å²) in [5.41, 5.74) is 0.628. The number of aryl methyl sites for hydroxylation is 1. The molecule has 0 aliphatic carbocycles. The van der Waals surface area contributed by atoms with Crippen LogP contribution in [-0.2, 0) is 4.79 Å². The monoisotopic (exact) mass is 394 g/mol. The first-order chi connectivity index (χ1) is 12.9. The van der Waals surface area contributed by atoms with Gasteiger partial charge in [0.05, 0.1) is 5.69 Å². The Morgan fingerprint density at radius 1 is 0.929 bits per heavy atom. The van der Waals surface area contributed by atoms with Gasteiger partial charge in [0.15, 0.2) is 5.75 Å². The number of hydrogen-bond acceptors (Lipinski definition) is 3. The van der Waals surface area contributed by atoms with Crippen LogP contribution in [-0.4, -0.2) is 18.2 Å². The SMILES string of the molecule is Cc1ccc(C(=O)Nc2ccccc2OC(F)(F)F)cc1NC(=O)C(C)(C)C. The predicted octanol–water partition coefficient (Wildman–Crippen LogP) is 5.13. The summed E-state index contributed by atoms with van der Waals surface area (Å²) in [6.45, 7) is 7.04. The molecule has 2 N–H and O–H groups in total. The van der Waals surface area contributed by atoms with Crippen molar-refractivity contribution < 1.29 is 27.5 Å². The number of halogens is 3. The first kappa shape index (κ1) is 21.3. The van der Waals surface area contributed by atoms with Gasteiger partial charge in [0, 0.05) is 16.7 Å². The molecular formula is C20H21F3N2O3. The zero-order valence-corrected chi connectivity index (χ0v) is 15.9. The molecule has 0 fully saturated rings. The largest absolute Gasteiger partial charge is 0.573 e. The summed E-state index contributed by atoms with van der Waals surface area (Å²) < 4.78 is 41.5. The summed E-state index contributed by atoms with van der Waals surface area (Å²) in [7, 11) is 0. The Bertz CT molecular complexity index is 887. The molecule has 0 bridgehead atoms. The number of carbonyl (C=O) groups is 2. The minimum Gasteiger partial charge on any atom is -0.404 e. The standard InChI is InChI=1S/C20H21F3N2O3/c1-12-9-10-13(11-15(12)25-18(27)19(2,3)4)17(26)24-14-7-5-6-8-16(14)28-20(21,22)23/h5-11H,1-4H3,(H,24,26)(H,25,27). The highest BCUT2D eigenvalue weighted by molar-refractivity contribution is 6.06. The molecule has 0 radical (unpaired) electrons. The molecule has 150 valence electrons. The Morgan fingerprint density at radius 2 is 1.57 bits per heavy atom. The Labute approximate surface area is 160 Å². The number of alkyl halides is 3. The molecule has 0 saturated heterocycles. The van der Waals surface area contributed by atoms with Gasteiger partial charge in [0.2, 0.25) is 5.91 Å². The van der Waals surface area contributed by atoms with Crippen LogP contribution < -0.4 is 15.4 Å². The van der Waals surface area contributed by atoms with E-state index >= 15 is 0 Å². The number of carbonyl (C=O) groups excluding carboxylic acids is 2. The van der Waals surface area contributed by atoms with Crippen molar-refractivity contribution >= 4 is 23.2 Å². The molecule has 0 aliphatic rings. The molecule has 0 aromatic heterocycles. The van der Waals surface area contributed by atoms with E-state index in [9.17, 15) is 22.8 Å². The third kappa shape index (κ3) is 5.73. The van der Waals surface area contributed by atoms with E-state index in [4.69, 9.17) is 0 Å². The summed E-state index contributed by atoms with van der Waals surface area (Å²) in [6, 6.07) is 9.88. The van der Waals surface area contributed by atoms with Crippen LogP contribution in [0.25, 0.3) is 0 Å². The van der Waals surface area contributed by atoms with Crippen LogP contribution in [0.4, 0.5) is 24.5 Å². The van der Waals surface area contributed by atoms with Gasteiger partial charge in [-0.3, -0.25) is 9.59 Å². The van der Waals surface area contributed by atoms with Crippen molar-refractivity contribution in [2.75, 3.05) is 10.6 Å². The van der Waals surface area contributed by atoms with Crippen LogP contribution >= 0.6 is 0 Å². The lowest BCUT2D eigenvalue weighted by atomic mass is 9.95. The van der Waals surface area contributed by atoms with Gasteiger partial charge in [-0.15, -0.1) is 13.2 Å². The summed E-state index contributed by atoms with van der Waals surface area (Å²) in [5.74, 6) is -1.38. The second-order valence-corrected chi connectivity index (χ2v) is 7.23. The molecule has 2 rings (SSSR count). The number of rotatable bonds is 4. The molecule has 2 amide bonds. The second kappa shape index (κ2) is 7.92. The van der Waals surface area contributed by atoms with Crippen LogP contribution in [0, 0.1) is 12.3 Å². The summed E-state index contributed by atoms with van der Waals surface area (Å²) in [4.78, 5) is 24.7. The van der Waals surface area contributed by atoms with Crippen LogP contribution in [0.2, 0.25) is 0 Å². The minimum atomic E-state index is -4.88. The zero-order chi connectivity index (χ0) is 21.1. The van der Waals surface area contributed by atoms with Crippen molar-refractivity contribution in [3.05, 3.63) is 53.6 Å². The fraction of sp³-hybridized carbons (Fsp3) is 0.300. The molecule has 0 unspecified atom stereocenters. The minimum absolute atomic E-state index is 0.120. The predicted molar refractivity (Wildman–Crippen MR) is 100 cm³/mol. The van der Waals surface area contributed by atoms with E-state index in [-0.39, 0.29) is 17.2 Å². The Hall–Kier alpha value is -3.03. The highest BCUT2D eigenvalue weighted by atomic mass is 19.4. The molecule has 0 aliphatic heterocycles. The number of nitrogens with one attached hydrogen (secondary N) is 2. The van der Waals surface area contributed by atoms with Gasteiger partial charge >= 0.3 is 6.36 Å². The molecule has 28 heavy (non-hydrogen) atoms. The van der Waals surface area contributed by atoms with Gasteiger partial charge < -0.3 is 15.4 Å². The smallest absolute Gasteiger partial charge is 0.404 e. The van der Waals surface area contributed by atoms with Crippen LogP contribution in [0.1, 0.15) is 36.7 Å². The highest BCUT2D eigenvalue weighted by Gasteiger charge is 2.32. The molecule has 5 nitrogen and oxygen atoms in total. The average Bonchev–Trinajstić information content (AvgIpc) is 2.56. The van der Waals surface area contributed by atoms with E-state index in [1.165, 1.54) is 30.3 Å². The maximum Gasteiger partial charge on any atom is 0.573 e. The summed E-state index contributed by atoms with van der Waals surface area (Å²) >= 11 is 0. The van der Waals surface area contributed by atoms with Gasteiger partial charge in [-0.2, -0.15) is 0 Å². The van der Waals surface area contributed by atoms with Crippen molar-refractivity contribution in [3.8, 4) is 5.75 Å². The number of ether oxygens (including phenoxy) is 1. The van der Waals surface area contributed by atoms with Crippen LogP contribution in [0.15, 0.2) is 42.5 Å². The number of benzene rings is 2. The molecule has 0 atom stereocenters. The van der Waals surface area contributed by atoms with Gasteiger partial charge in [-0.1, -0.05) is 39.0 Å². The average molecular weight is 394 g/mol. The summed E-state index contributed by atoms with van der Waals surface area (Å²) in [5, 5.41) is 5.16. The maximum atomic E-state index is 12.5. The number of anilines is 2. The highest BCUT2D eigenvalue weighted by Crippen LogP contribution is 2.30. The maximum absolute atomic E-state index is 12.5. The lowest BCUT2D eigenvalue weighted by Gasteiger charge is -2.19. The van der Waals surface area contributed by atoms with Gasteiger partial charge in [-0.05, 0) is 36.8 Å². The van der Waals surface area contributed by atoms with E-state index in [1.807, 2.05) is 0 Å². The van der Waals surface area contributed by atoms with E-state index < -0.39 is 23.4 Å². The topological polar surface area (TPSA) is 67.4 Å². The first-order valence-corrected chi connectivity index (χ1v) is 8.45. The van der Waals surface area contributed by atoms with Crippen molar-refractivity contribution in [2.45, 2.75) is 34.1 Å². The van der Waals surface area contributed by atoms with Gasteiger partial charge in [-0.25, -0.2) is 0 Å². The van der Waals surface area contributed by atoms with Gasteiger partial charge in [0.1, 0.15) is 0 Å². The van der Waals surface area contributed by atoms with E-state index in [0.29, 0.717) is 5.69 Å². The fourth-order valence-electron chi connectivity index (χ4n) is 2.19. The van der Waals surface area contributed by atoms with Crippen molar-refractivity contribution in [2.24, 2.45) is 5.41 Å². The first-order valence-electron chi connectivity index (χ1n) is 8.45. The number of hydrogen-bond donors (Lipinski definition) is 2. The van der Waals surface area contributed by atoms with E-state index in [0.717, 1.165) is 11.6 Å². The quantitative estimate of drug-likeness (QED) is 0.755. The second-order valence-electron chi connectivity index (χ2n) is 7.23. The molecule has 2 aromatic rings. The van der Waals surface area contributed by atoms with E-state index in [1.54, 1.807) is 33.8 Å².